The third kappa shape index (κ3) is 3.48. The molecule has 0 fully saturated rings. The summed E-state index contributed by atoms with van der Waals surface area (Å²) in [6.07, 6.45) is 1.46. The van der Waals surface area contributed by atoms with Crippen molar-refractivity contribution in [3.05, 3.63) is 81.7 Å². The molecule has 2 heterocycles. The molecule has 0 unspecified atom stereocenters. The summed E-state index contributed by atoms with van der Waals surface area (Å²) in [7, 11) is 3.82. The predicted octanol–water partition coefficient (Wildman–Crippen LogP) is 4.96. The molecular formula is C24H21NO5. The minimum Gasteiger partial charge on any atom is -0.461 e. The van der Waals surface area contributed by atoms with Crippen molar-refractivity contribution in [2.24, 2.45) is 0 Å². The molecule has 0 radical (unpaired) electrons. The molecule has 2 aromatic heterocycles. The van der Waals surface area contributed by atoms with Crippen LogP contribution in [-0.2, 0) is 0 Å². The molecule has 0 spiro atoms. The number of anilines is 1. The largest absolute Gasteiger partial charge is 0.461 e. The van der Waals surface area contributed by atoms with Crippen LogP contribution in [0.3, 0.4) is 0 Å². The average molecular weight is 403 g/mol. The Bertz CT molecular complexity index is 1280. The highest BCUT2D eigenvalue weighted by atomic mass is 16.5. The van der Waals surface area contributed by atoms with Gasteiger partial charge in [-0.15, -0.1) is 0 Å². The first kappa shape index (κ1) is 19.5. The fraction of sp³-hybridized carbons (Fsp3) is 0.167. The topological polar surface area (TPSA) is 72.9 Å². The van der Waals surface area contributed by atoms with Crippen LogP contribution in [-0.4, -0.2) is 20.1 Å². The number of nitrogens with zero attached hydrogens (tertiary/aromatic N) is 1. The van der Waals surface area contributed by atoms with Crippen LogP contribution in [0.4, 0.5) is 5.69 Å². The van der Waals surface area contributed by atoms with Crippen LogP contribution in [0.2, 0.25) is 0 Å². The van der Waals surface area contributed by atoms with Crippen LogP contribution in [0, 0.1) is 13.8 Å². The highest BCUT2D eigenvalue weighted by Gasteiger charge is 2.23. The molecule has 152 valence electrons. The minimum absolute atomic E-state index is 0.0824. The maximum absolute atomic E-state index is 13.2. The number of fused-ring (bicyclic) bond motifs is 1. The Hall–Kier alpha value is -3.80. The van der Waals surface area contributed by atoms with Gasteiger partial charge in [0.15, 0.2) is 5.76 Å². The zero-order chi connectivity index (χ0) is 21.4. The van der Waals surface area contributed by atoms with E-state index >= 15 is 0 Å². The van der Waals surface area contributed by atoms with E-state index in [4.69, 9.17) is 13.6 Å². The van der Waals surface area contributed by atoms with Gasteiger partial charge in [-0.25, -0.2) is 4.79 Å². The number of aryl methyl sites for hydroxylation is 2. The Balaban J connectivity index is 1.83. The van der Waals surface area contributed by atoms with Gasteiger partial charge in [-0.3, -0.25) is 4.79 Å². The van der Waals surface area contributed by atoms with Crippen molar-refractivity contribution in [3.63, 3.8) is 0 Å². The number of furan rings is 1. The average Bonchev–Trinajstić information content (AvgIpc) is 3.26. The second-order valence-electron chi connectivity index (χ2n) is 7.33. The van der Waals surface area contributed by atoms with Crippen LogP contribution in [0.5, 0.6) is 5.75 Å². The lowest BCUT2D eigenvalue weighted by Crippen LogP contribution is -2.16. The zero-order valence-electron chi connectivity index (χ0n) is 17.2. The molecule has 30 heavy (non-hydrogen) atoms. The van der Waals surface area contributed by atoms with Crippen molar-refractivity contribution >= 4 is 22.6 Å². The fourth-order valence-electron chi connectivity index (χ4n) is 3.14. The quantitative estimate of drug-likeness (QED) is 0.449. The summed E-state index contributed by atoms with van der Waals surface area (Å²) in [5.41, 5.74) is 3.18. The zero-order valence-corrected chi connectivity index (χ0v) is 17.2. The van der Waals surface area contributed by atoms with Gasteiger partial charge in [0.05, 0.1) is 17.2 Å². The van der Waals surface area contributed by atoms with Crippen LogP contribution < -0.4 is 15.1 Å². The number of carbonyl (C=O) groups excluding carboxylic acids is 1. The number of hydrogen-bond acceptors (Lipinski definition) is 6. The van der Waals surface area contributed by atoms with E-state index in [0.717, 1.165) is 16.8 Å². The van der Waals surface area contributed by atoms with Gasteiger partial charge in [-0.05, 0) is 73.5 Å². The Morgan fingerprint density at radius 2 is 1.70 bits per heavy atom. The first-order valence-electron chi connectivity index (χ1n) is 9.46. The number of rotatable bonds is 4. The Kier molecular flexibility index (Phi) is 4.91. The van der Waals surface area contributed by atoms with E-state index in [1.165, 1.54) is 6.26 Å². The number of benzene rings is 2. The molecule has 0 bridgehead atoms. The molecule has 0 N–H and O–H groups in total. The van der Waals surface area contributed by atoms with Crippen molar-refractivity contribution in [3.8, 4) is 17.3 Å². The van der Waals surface area contributed by atoms with Crippen molar-refractivity contribution in [1.82, 2.24) is 0 Å². The summed E-state index contributed by atoms with van der Waals surface area (Å²) in [6.45, 7) is 3.85. The molecular weight excluding hydrogens is 382 g/mol. The summed E-state index contributed by atoms with van der Waals surface area (Å²) in [5, 5.41) is 0.346. The van der Waals surface area contributed by atoms with Crippen LogP contribution >= 0.6 is 0 Å². The second kappa shape index (κ2) is 7.55. The van der Waals surface area contributed by atoms with Crippen molar-refractivity contribution in [2.75, 3.05) is 19.0 Å². The summed E-state index contributed by atoms with van der Waals surface area (Å²) in [5.74, 6) is -0.456. The van der Waals surface area contributed by atoms with E-state index in [0.29, 0.717) is 22.3 Å². The van der Waals surface area contributed by atoms with Gasteiger partial charge in [0.25, 0.3) is 0 Å². The molecule has 0 aliphatic rings. The predicted molar refractivity (Wildman–Crippen MR) is 115 cm³/mol. The van der Waals surface area contributed by atoms with E-state index in [9.17, 15) is 9.59 Å². The summed E-state index contributed by atoms with van der Waals surface area (Å²) in [6, 6.07) is 13.8. The first-order chi connectivity index (χ1) is 14.3. The van der Waals surface area contributed by atoms with E-state index in [-0.39, 0.29) is 11.5 Å². The van der Waals surface area contributed by atoms with E-state index < -0.39 is 11.4 Å². The lowest BCUT2D eigenvalue weighted by atomic mass is 10.1. The monoisotopic (exact) mass is 403 g/mol. The SMILES string of the molecule is Cc1cc2oc(-c3ccco3)c(OC(=O)c3ccc(N(C)C)cc3)c(=O)c2cc1C. The van der Waals surface area contributed by atoms with Gasteiger partial charge in [0.1, 0.15) is 5.58 Å². The van der Waals surface area contributed by atoms with E-state index in [2.05, 4.69) is 0 Å². The van der Waals surface area contributed by atoms with Crippen molar-refractivity contribution < 1.29 is 18.4 Å². The molecule has 2 aromatic carbocycles. The van der Waals surface area contributed by atoms with Gasteiger partial charge in [0, 0.05) is 19.8 Å². The Morgan fingerprint density at radius 1 is 1.00 bits per heavy atom. The smallest absolute Gasteiger partial charge is 0.343 e. The second-order valence-corrected chi connectivity index (χ2v) is 7.33. The normalized spacial score (nSPS) is 10.9. The number of carbonyl (C=O) groups is 1. The minimum atomic E-state index is -0.649. The van der Waals surface area contributed by atoms with Gasteiger partial charge in [-0.2, -0.15) is 0 Å². The summed E-state index contributed by atoms with van der Waals surface area (Å²) >= 11 is 0. The maximum atomic E-state index is 13.2. The number of esters is 1. The molecule has 0 aliphatic carbocycles. The van der Waals surface area contributed by atoms with Crippen LogP contribution in [0.25, 0.3) is 22.5 Å². The Labute approximate surface area is 173 Å². The van der Waals surface area contributed by atoms with Gasteiger partial charge in [0.2, 0.25) is 16.9 Å². The number of hydrogen-bond donors (Lipinski definition) is 0. The first-order valence-corrected chi connectivity index (χ1v) is 9.46. The lowest BCUT2D eigenvalue weighted by Gasteiger charge is -2.13. The van der Waals surface area contributed by atoms with Gasteiger partial charge < -0.3 is 18.5 Å². The standard InChI is InChI=1S/C24H21NO5/c1-14-12-18-20(13-15(14)2)29-22(19-6-5-11-28-19)23(21(18)26)30-24(27)16-7-9-17(10-8-16)25(3)4/h5-13H,1-4H3. The molecule has 6 heteroatoms. The number of ether oxygens (including phenoxy) is 1. The third-order valence-electron chi connectivity index (χ3n) is 5.02. The lowest BCUT2D eigenvalue weighted by molar-refractivity contribution is 0.0731. The van der Waals surface area contributed by atoms with Crippen molar-refractivity contribution in [1.29, 1.82) is 0 Å². The molecule has 4 aromatic rings. The summed E-state index contributed by atoms with van der Waals surface area (Å²) in [4.78, 5) is 27.9. The maximum Gasteiger partial charge on any atom is 0.343 e. The molecule has 0 saturated heterocycles. The molecule has 0 atom stereocenters. The molecule has 0 aliphatic heterocycles. The third-order valence-corrected chi connectivity index (χ3v) is 5.02. The van der Waals surface area contributed by atoms with Crippen molar-refractivity contribution in [2.45, 2.75) is 13.8 Å². The molecule has 0 amide bonds. The molecule has 6 nitrogen and oxygen atoms in total. The van der Waals surface area contributed by atoms with E-state index in [1.54, 1.807) is 48.5 Å². The Morgan fingerprint density at radius 3 is 2.33 bits per heavy atom. The van der Waals surface area contributed by atoms with E-state index in [1.807, 2.05) is 32.8 Å². The highest BCUT2D eigenvalue weighted by Crippen LogP contribution is 2.32. The fourth-order valence-corrected chi connectivity index (χ4v) is 3.14. The molecule has 0 saturated carbocycles. The van der Waals surface area contributed by atoms with Crippen LogP contribution in [0.1, 0.15) is 21.5 Å². The van der Waals surface area contributed by atoms with Crippen LogP contribution in [0.15, 0.2) is 68.4 Å². The summed E-state index contributed by atoms with van der Waals surface area (Å²) < 4.78 is 16.9. The van der Waals surface area contributed by atoms with Gasteiger partial charge >= 0.3 is 5.97 Å². The molecule has 4 rings (SSSR count). The van der Waals surface area contributed by atoms with Gasteiger partial charge in [-0.1, -0.05) is 0 Å². The highest BCUT2D eigenvalue weighted by molar-refractivity contribution is 5.93.